The molecule has 0 heterocycles. The highest BCUT2D eigenvalue weighted by Crippen LogP contribution is 1.94. The Labute approximate surface area is 69.4 Å². The van der Waals surface area contributed by atoms with Crippen molar-refractivity contribution in [3.05, 3.63) is 0 Å². The number of Topliss-reactive ketones (excluding diaryl/α,β-unsaturated/α-hetero) is 1. The molecule has 0 bridgehead atoms. The van der Waals surface area contributed by atoms with Crippen molar-refractivity contribution < 1.29 is 4.79 Å². The van der Waals surface area contributed by atoms with Crippen LogP contribution in [0.15, 0.2) is 0 Å². The molecule has 0 aliphatic carbocycles. The molecule has 0 amide bonds. The average Bonchev–Trinajstić information content (AvgIpc) is 1.86. The molecule has 66 valence electrons. The maximum atomic E-state index is 10.8. The average molecular weight is 157 g/mol. The molecule has 0 aromatic rings. The van der Waals surface area contributed by atoms with Gasteiger partial charge in [0.05, 0.1) is 0 Å². The summed E-state index contributed by atoms with van der Waals surface area (Å²) < 4.78 is 0. The Hall–Kier alpha value is -0.370. The minimum absolute atomic E-state index is 0.161. The minimum atomic E-state index is 0.161. The standard InChI is InChI=1S/C9H19NO/c1-7(2)5-10-6-8(3)9(4)11/h7-8,10H,5-6H2,1-4H3/t8-/m0/s1. The van der Waals surface area contributed by atoms with Crippen LogP contribution < -0.4 is 5.32 Å². The summed E-state index contributed by atoms with van der Waals surface area (Å²) in [4.78, 5) is 10.8. The number of nitrogens with one attached hydrogen (secondary N) is 1. The van der Waals surface area contributed by atoms with Crippen LogP contribution in [0.4, 0.5) is 0 Å². The van der Waals surface area contributed by atoms with Crippen molar-refractivity contribution in [1.29, 1.82) is 0 Å². The molecule has 0 saturated carbocycles. The van der Waals surface area contributed by atoms with Crippen LogP contribution in [0.25, 0.3) is 0 Å². The smallest absolute Gasteiger partial charge is 0.133 e. The molecule has 0 saturated heterocycles. The summed E-state index contributed by atoms with van der Waals surface area (Å²) in [6, 6.07) is 0. The molecule has 11 heavy (non-hydrogen) atoms. The lowest BCUT2D eigenvalue weighted by molar-refractivity contribution is -0.120. The van der Waals surface area contributed by atoms with E-state index < -0.39 is 0 Å². The van der Waals surface area contributed by atoms with Crippen molar-refractivity contribution in [2.45, 2.75) is 27.7 Å². The van der Waals surface area contributed by atoms with Crippen LogP contribution >= 0.6 is 0 Å². The van der Waals surface area contributed by atoms with E-state index in [-0.39, 0.29) is 11.7 Å². The van der Waals surface area contributed by atoms with Gasteiger partial charge in [0.15, 0.2) is 0 Å². The Morgan fingerprint density at radius 3 is 2.18 bits per heavy atom. The van der Waals surface area contributed by atoms with E-state index in [1.54, 1.807) is 6.92 Å². The number of hydrogen-bond acceptors (Lipinski definition) is 2. The van der Waals surface area contributed by atoms with Gasteiger partial charge in [-0.1, -0.05) is 20.8 Å². The molecule has 0 unspecified atom stereocenters. The summed E-state index contributed by atoms with van der Waals surface area (Å²) in [5.41, 5.74) is 0. The Kier molecular flexibility index (Phi) is 5.12. The zero-order valence-electron chi connectivity index (χ0n) is 7.98. The maximum Gasteiger partial charge on any atom is 0.133 e. The van der Waals surface area contributed by atoms with Crippen molar-refractivity contribution in [2.75, 3.05) is 13.1 Å². The Bertz CT molecular complexity index is 121. The SMILES string of the molecule is CC(=O)[C@@H](C)CNCC(C)C. The van der Waals surface area contributed by atoms with Gasteiger partial charge in [0.2, 0.25) is 0 Å². The van der Waals surface area contributed by atoms with Gasteiger partial charge in [-0.15, -0.1) is 0 Å². The highest BCUT2D eigenvalue weighted by Gasteiger charge is 2.05. The van der Waals surface area contributed by atoms with Gasteiger partial charge < -0.3 is 5.32 Å². The fourth-order valence-electron chi connectivity index (χ4n) is 0.732. The molecular weight excluding hydrogens is 138 g/mol. The molecule has 0 aliphatic heterocycles. The number of rotatable bonds is 5. The van der Waals surface area contributed by atoms with Crippen LogP contribution in [-0.2, 0) is 4.79 Å². The van der Waals surface area contributed by atoms with Crippen LogP contribution in [0.5, 0.6) is 0 Å². The summed E-state index contributed by atoms with van der Waals surface area (Å²) >= 11 is 0. The van der Waals surface area contributed by atoms with E-state index in [9.17, 15) is 4.79 Å². The molecule has 2 nitrogen and oxygen atoms in total. The first kappa shape index (κ1) is 10.6. The fraction of sp³-hybridized carbons (Fsp3) is 0.889. The molecule has 0 aromatic heterocycles. The summed E-state index contributed by atoms with van der Waals surface area (Å²) in [5, 5.41) is 3.25. The second-order valence-corrected chi connectivity index (χ2v) is 3.56. The molecule has 1 N–H and O–H groups in total. The zero-order chi connectivity index (χ0) is 8.85. The molecule has 0 aromatic carbocycles. The molecule has 0 radical (unpaired) electrons. The molecule has 0 fully saturated rings. The molecular formula is C9H19NO. The van der Waals surface area contributed by atoms with Gasteiger partial charge in [-0.2, -0.15) is 0 Å². The molecule has 2 heteroatoms. The highest BCUT2D eigenvalue weighted by molar-refractivity contribution is 5.78. The summed E-state index contributed by atoms with van der Waals surface area (Å²) in [5.74, 6) is 1.09. The van der Waals surface area contributed by atoms with Gasteiger partial charge in [0.25, 0.3) is 0 Å². The van der Waals surface area contributed by atoms with Crippen LogP contribution in [0.2, 0.25) is 0 Å². The summed E-state index contributed by atoms with van der Waals surface area (Å²) in [7, 11) is 0. The Morgan fingerprint density at radius 1 is 1.27 bits per heavy atom. The lowest BCUT2D eigenvalue weighted by atomic mass is 10.1. The summed E-state index contributed by atoms with van der Waals surface area (Å²) in [6.45, 7) is 9.72. The largest absolute Gasteiger partial charge is 0.316 e. The minimum Gasteiger partial charge on any atom is -0.316 e. The monoisotopic (exact) mass is 157 g/mol. The van der Waals surface area contributed by atoms with Gasteiger partial charge in [0.1, 0.15) is 5.78 Å². The van der Waals surface area contributed by atoms with Crippen LogP contribution in [-0.4, -0.2) is 18.9 Å². The van der Waals surface area contributed by atoms with Crippen molar-refractivity contribution in [3.8, 4) is 0 Å². The van der Waals surface area contributed by atoms with E-state index in [4.69, 9.17) is 0 Å². The first-order valence-electron chi connectivity index (χ1n) is 4.25. The topological polar surface area (TPSA) is 29.1 Å². The predicted molar refractivity (Wildman–Crippen MR) is 47.6 cm³/mol. The van der Waals surface area contributed by atoms with Crippen molar-refractivity contribution in [2.24, 2.45) is 11.8 Å². The van der Waals surface area contributed by atoms with Crippen molar-refractivity contribution in [3.63, 3.8) is 0 Å². The maximum absolute atomic E-state index is 10.8. The lowest BCUT2D eigenvalue weighted by Crippen LogP contribution is -2.28. The number of ketones is 1. The molecule has 0 aliphatic rings. The number of hydrogen-bond donors (Lipinski definition) is 1. The fourth-order valence-corrected chi connectivity index (χ4v) is 0.732. The van der Waals surface area contributed by atoms with E-state index in [0.29, 0.717) is 5.92 Å². The third-order valence-corrected chi connectivity index (χ3v) is 1.70. The molecule has 0 spiro atoms. The van der Waals surface area contributed by atoms with Crippen molar-refractivity contribution >= 4 is 5.78 Å². The second kappa shape index (κ2) is 5.30. The third kappa shape index (κ3) is 6.05. The number of carbonyl (C=O) groups excluding carboxylic acids is 1. The molecule has 0 rings (SSSR count). The predicted octanol–water partition coefficient (Wildman–Crippen LogP) is 1.46. The Morgan fingerprint density at radius 2 is 1.82 bits per heavy atom. The Balaban J connectivity index is 3.31. The normalized spacial score (nSPS) is 13.5. The van der Waals surface area contributed by atoms with Gasteiger partial charge in [-0.25, -0.2) is 0 Å². The van der Waals surface area contributed by atoms with E-state index in [0.717, 1.165) is 13.1 Å². The molecule has 1 atom stereocenters. The zero-order valence-corrected chi connectivity index (χ0v) is 7.98. The van der Waals surface area contributed by atoms with Gasteiger partial charge >= 0.3 is 0 Å². The second-order valence-electron chi connectivity index (χ2n) is 3.56. The third-order valence-electron chi connectivity index (χ3n) is 1.70. The van der Waals surface area contributed by atoms with Crippen LogP contribution in [0.1, 0.15) is 27.7 Å². The summed E-state index contributed by atoms with van der Waals surface area (Å²) in [6.07, 6.45) is 0. The first-order chi connectivity index (χ1) is 5.04. The van der Waals surface area contributed by atoms with Crippen LogP contribution in [0.3, 0.4) is 0 Å². The van der Waals surface area contributed by atoms with E-state index in [2.05, 4.69) is 19.2 Å². The highest BCUT2D eigenvalue weighted by atomic mass is 16.1. The van der Waals surface area contributed by atoms with Gasteiger partial charge in [-0.3, -0.25) is 4.79 Å². The first-order valence-corrected chi connectivity index (χ1v) is 4.25. The van der Waals surface area contributed by atoms with E-state index in [1.807, 2.05) is 6.92 Å². The lowest BCUT2D eigenvalue weighted by Gasteiger charge is -2.10. The van der Waals surface area contributed by atoms with E-state index >= 15 is 0 Å². The van der Waals surface area contributed by atoms with Gasteiger partial charge in [0, 0.05) is 12.5 Å². The number of carbonyl (C=O) groups is 1. The quantitative estimate of drug-likeness (QED) is 0.654. The van der Waals surface area contributed by atoms with E-state index in [1.165, 1.54) is 0 Å². The van der Waals surface area contributed by atoms with Crippen LogP contribution in [0, 0.1) is 11.8 Å². The van der Waals surface area contributed by atoms with Crippen molar-refractivity contribution in [1.82, 2.24) is 5.32 Å². The van der Waals surface area contributed by atoms with Gasteiger partial charge in [-0.05, 0) is 19.4 Å².